The van der Waals surface area contributed by atoms with Crippen molar-refractivity contribution >= 4 is 22.8 Å². The molecule has 0 amide bonds. The molecule has 0 radical (unpaired) electrons. The van der Waals surface area contributed by atoms with Gasteiger partial charge < -0.3 is 14.4 Å². The number of allylic oxidation sites excluding steroid dienone is 1. The molecule has 4 nitrogen and oxygen atoms in total. The lowest BCUT2D eigenvalue weighted by atomic mass is 10.0. The molecule has 1 aliphatic rings. The van der Waals surface area contributed by atoms with Crippen molar-refractivity contribution in [2.24, 2.45) is 0 Å². The fourth-order valence-electron chi connectivity index (χ4n) is 3.28. The zero-order valence-corrected chi connectivity index (χ0v) is 13.5. The molecule has 2 heterocycles. The number of benzene rings is 2. The number of carbonyl (C=O) groups excluding carboxylic acids is 1. The highest BCUT2D eigenvalue weighted by Gasteiger charge is 2.30. The fraction of sp³-hybridized carbons (Fsp3) is 0.150. The smallest absolute Gasteiger partial charge is 0.232 e. The van der Waals surface area contributed by atoms with Gasteiger partial charge in [0.15, 0.2) is 5.76 Å². The first-order valence-electron chi connectivity index (χ1n) is 7.94. The van der Waals surface area contributed by atoms with E-state index in [0.29, 0.717) is 11.3 Å². The van der Waals surface area contributed by atoms with E-state index in [0.717, 1.165) is 28.6 Å². The average molecular weight is 319 g/mol. The van der Waals surface area contributed by atoms with Crippen LogP contribution in [0.25, 0.3) is 17.0 Å². The molecule has 2 aromatic carbocycles. The van der Waals surface area contributed by atoms with E-state index >= 15 is 0 Å². The van der Waals surface area contributed by atoms with Gasteiger partial charge in [0.1, 0.15) is 11.5 Å². The first-order chi connectivity index (χ1) is 11.6. The van der Waals surface area contributed by atoms with Crippen LogP contribution in [-0.4, -0.2) is 15.5 Å². The molecule has 1 aliphatic heterocycles. The normalized spacial score (nSPS) is 15.1. The number of nitrogens with zero attached hydrogens (tertiary/aromatic N) is 1. The molecule has 0 atom stereocenters. The number of hydrogen-bond donors (Lipinski definition) is 1. The van der Waals surface area contributed by atoms with Gasteiger partial charge in [0, 0.05) is 35.3 Å². The van der Waals surface area contributed by atoms with Gasteiger partial charge in [0.05, 0.1) is 5.56 Å². The van der Waals surface area contributed by atoms with Gasteiger partial charge in [-0.15, -0.1) is 0 Å². The largest absolute Gasteiger partial charge is 0.508 e. The summed E-state index contributed by atoms with van der Waals surface area (Å²) in [6.07, 6.45) is 3.81. The van der Waals surface area contributed by atoms with Crippen LogP contribution in [0.15, 0.2) is 48.4 Å². The van der Waals surface area contributed by atoms with Crippen molar-refractivity contribution < 1.29 is 14.6 Å². The number of fused-ring (bicyclic) bond motifs is 2. The molecular formula is C20H17NO3. The number of aromatic nitrogens is 1. The Morgan fingerprint density at radius 1 is 1.25 bits per heavy atom. The van der Waals surface area contributed by atoms with Crippen molar-refractivity contribution in [1.29, 1.82) is 0 Å². The Morgan fingerprint density at radius 2 is 2.04 bits per heavy atom. The third kappa shape index (κ3) is 2.11. The van der Waals surface area contributed by atoms with Crippen LogP contribution in [0.1, 0.15) is 28.4 Å². The van der Waals surface area contributed by atoms with Crippen molar-refractivity contribution in [3.8, 4) is 11.5 Å². The SMILES string of the molecule is CCn1cc(C=C2Oc3cc(O)cc(C)c3C2=O)c2ccccc21. The standard InChI is InChI=1S/C20H17NO3/c1-3-21-11-13(15-6-4-5-7-16(15)21)9-18-20(23)19-12(2)8-14(22)10-17(19)24-18/h4-11,22H,3H2,1-2H3. The number of phenolic OH excluding ortho intramolecular Hbond substituents is 1. The summed E-state index contributed by atoms with van der Waals surface area (Å²) < 4.78 is 7.86. The number of aryl methyl sites for hydroxylation is 2. The van der Waals surface area contributed by atoms with E-state index in [1.54, 1.807) is 19.1 Å². The van der Waals surface area contributed by atoms with Crippen molar-refractivity contribution in [2.75, 3.05) is 0 Å². The van der Waals surface area contributed by atoms with Gasteiger partial charge in [-0.1, -0.05) is 18.2 Å². The zero-order valence-electron chi connectivity index (χ0n) is 13.5. The molecule has 0 fully saturated rings. The molecule has 0 saturated carbocycles. The molecule has 0 aliphatic carbocycles. The van der Waals surface area contributed by atoms with Crippen LogP contribution in [0.5, 0.6) is 11.5 Å². The maximum atomic E-state index is 12.7. The van der Waals surface area contributed by atoms with Gasteiger partial charge in [-0.05, 0) is 37.6 Å². The van der Waals surface area contributed by atoms with E-state index in [4.69, 9.17) is 4.74 Å². The monoisotopic (exact) mass is 319 g/mol. The Balaban J connectivity index is 1.84. The maximum Gasteiger partial charge on any atom is 0.232 e. The first kappa shape index (κ1) is 14.6. The Labute approximate surface area is 139 Å². The summed E-state index contributed by atoms with van der Waals surface area (Å²) in [6.45, 7) is 4.74. The van der Waals surface area contributed by atoms with Crippen molar-refractivity contribution in [3.63, 3.8) is 0 Å². The lowest BCUT2D eigenvalue weighted by Crippen LogP contribution is -1.99. The molecule has 0 spiro atoms. The number of phenols is 1. The van der Waals surface area contributed by atoms with Gasteiger partial charge in [0.2, 0.25) is 5.78 Å². The molecule has 4 rings (SSSR count). The molecule has 1 aromatic heterocycles. The molecule has 1 N–H and O–H groups in total. The summed E-state index contributed by atoms with van der Waals surface area (Å²) >= 11 is 0. The highest BCUT2D eigenvalue weighted by atomic mass is 16.5. The quantitative estimate of drug-likeness (QED) is 0.717. The second kappa shape index (κ2) is 5.27. The number of rotatable bonds is 2. The summed E-state index contributed by atoms with van der Waals surface area (Å²) in [5, 5.41) is 10.8. The molecule has 0 saturated heterocycles. The highest BCUT2D eigenvalue weighted by molar-refractivity contribution is 6.16. The summed E-state index contributed by atoms with van der Waals surface area (Å²) in [4.78, 5) is 12.7. The molecule has 3 aromatic rings. The minimum Gasteiger partial charge on any atom is -0.508 e. The van der Waals surface area contributed by atoms with Gasteiger partial charge in [-0.2, -0.15) is 0 Å². The second-order valence-corrected chi connectivity index (χ2v) is 5.96. The van der Waals surface area contributed by atoms with Gasteiger partial charge >= 0.3 is 0 Å². The molecule has 24 heavy (non-hydrogen) atoms. The molecule has 120 valence electrons. The van der Waals surface area contributed by atoms with Gasteiger partial charge in [0.25, 0.3) is 0 Å². The topological polar surface area (TPSA) is 51.5 Å². The average Bonchev–Trinajstić information content (AvgIpc) is 3.06. The maximum absolute atomic E-state index is 12.7. The van der Waals surface area contributed by atoms with Crippen LogP contribution in [-0.2, 0) is 6.54 Å². The molecule has 0 bridgehead atoms. The third-order valence-electron chi connectivity index (χ3n) is 4.40. The van der Waals surface area contributed by atoms with Crippen molar-refractivity contribution in [2.45, 2.75) is 20.4 Å². The Bertz CT molecular complexity index is 1010. The van der Waals surface area contributed by atoms with E-state index in [1.165, 1.54) is 6.07 Å². The Kier molecular flexibility index (Phi) is 3.20. The number of carbonyl (C=O) groups is 1. The lowest BCUT2D eigenvalue weighted by Gasteiger charge is -2.00. The molecule has 0 unspecified atom stereocenters. The van der Waals surface area contributed by atoms with Crippen molar-refractivity contribution in [3.05, 3.63) is 65.0 Å². The number of hydrogen-bond acceptors (Lipinski definition) is 3. The minimum atomic E-state index is -0.143. The third-order valence-corrected chi connectivity index (χ3v) is 4.40. The van der Waals surface area contributed by atoms with Crippen LogP contribution in [0.3, 0.4) is 0 Å². The second-order valence-electron chi connectivity index (χ2n) is 5.96. The Morgan fingerprint density at radius 3 is 2.83 bits per heavy atom. The predicted molar refractivity (Wildman–Crippen MR) is 93.4 cm³/mol. The highest BCUT2D eigenvalue weighted by Crippen LogP contribution is 2.37. The van der Waals surface area contributed by atoms with Crippen LogP contribution < -0.4 is 4.74 Å². The number of ether oxygens (including phenoxy) is 1. The van der Waals surface area contributed by atoms with Crippen LogP contribution in [0.4, 0.5) is 0 Å². The number of Topliss-reactive ketones (excluding diaryl/α,β-unsaturated/α-hetero) is 1. The van der Waals surface area contributed by atoms with Crippen molar-refractivity contribution in [1.82, 2.24) is 4.57 Å². The van der Waals surface area contributed by atoms with Gasteiger partial charge in [-0.3, -0.25) is 4.79 Å². The first-order valence-corrected chi connectivity index (χ1v) is 7.94. The minimum absolute atomic E-state index is 0.0999. The zero-order chi connectivity index (χ0) is 16.8. The summed E-state index contributed by atoms with van der Waals surface area (Å²) in [7, 11) is 0. The van der Waals surface area contributed by atoms with Gasteiger partial charge in [-0.25, -0.2) is 0 Å². The summed E-state index contributed by atoms with van der Waals surface area (Å²) in [5.74, 6) is 0.666. The van der Waals surface area contributed by atoms with Crippen LogP contribution >= 0.6 is 0 Å². The summed E-state index contributed by atoms with van der Waals surface area (Å²) in [6, 6.07) is 11.2. The molecular weight excluding hydrogens is 302 g/mol. The van der Waals surface area contributed by atoms with Crippen LogP contribution in [0.2, 0.25) is 0 Å². The fourth-order valence-corrected chi connectivity index (χ4v) is 3.28. The van der Waals surface area contributed by atoms with E-state index in [9.17, 15) is 9.90 Å². The summed E-state index contributed by atoms with van der Waals surface area (Å²) in [5.41, 5.74) is 3.32. The molecule has 4 heteroatoms. The Hall–Kier alpha value is -3.01. The van der Waals surface area contributed by atoms with E-state index in [-0.39, 0.29) is 17.3 Å². The van der Waals surface area contributed by atoms with E-state index in [1.807, 2.05) is 24.4 Å². The van der Waals surface area contributed by atoms with Crippen LogP contribution in [0, 0.1) is 6.92 Å². The lowest BCUT2D eigenvalue weighted by molar-refractivity contribution is 0.101. The van der Waals surface area contributed by atoms with E-state index in [2.05, 4.69) is 17.6 Å². The number of para-hydroxylation sites is 1. The predicted octanol–water partition coefficient (Wildman–Crippen LogP) is 4.29. The number of ketones is 1. The number of aromatic hydroxyl groups is 1. The van der Waals surface area contributed by atoms with E-state index < -0.39 is 0 Å².